The van der Waals surface area contributed by atoms with Gasteiger partial charge in [0.05, 0.1) is 23.3 Å². The van der Waals surface area contributed by atoms with Gasteiger partial charge in [-0.3, -0.25) is 4.79 Å². The Balaban J connectivity index is 1.89. The number of azo groups is 1. The second-order valence-corrected chi connectivity index (χ2v) is 8.59. The lowest BCUT2D eigenvalue weighted by Crippen LogP contribution is -2.08. The number of carbonyl (C=O) groups excluding carboxylic acids is 1. The highest BCUT2D eigenvalue weighted by molar-refractivity contribution is 7.87. The van der Waals surface area contributed by atoms with Crippen molar-refractivity contribution in [3.05, 3.63) is 66.5 Å². The highest BCUT2D eigenvalue weighted by Gasteiger charge is 2.14. The molecule has 3 rings (SSSR count). The molecule has 2 aromatic carbocycles. The monoisotopic (exact) mass is 454 g/mol. The zero-order valence-corrected chi connectivity index (χ0v) is 18.5. The first-order chi connectivity index (χ1) is 15.1. The van der Waals surface area contributed by atoms with Gasteiger partial charge < -0.3 is 14.6 Å². The zero-order valence-electron chi connectivity index (χ0n) is 17.7. The number of phenols is 1. The van der Waals surface area contributed by atoms with Gasteiger partial charge in [0, 0.05) is 11.8 Å². The van der Waals surface area contributed by atoms with Crippen LogP contribution in [0.5, 0.6) is 11.5 Å². The molecule has 32 heavy (non-hydrogen) atoms. The van der Waals surface area contributed by atoms with Crippen molar-refractivity contribution in [2.24, 2.45) is 10.2 Å². The van der Waals surface area contributed by atoms with Gasteiger partial charge in [-0.05, 0) is 50.3 Å². The first-order valence-electron chi connectivity index (χ1n) is 9.35. The molecule has 0 saturated heterocycles. The second-order valence-electron chi connectivity index (χ2n) is 6.88. The summed E-state index contributed by atoms with van der Waals surface area (Å²) in [5.74, 6) is -0.457. The van der Waals surface area contributed by atoms with E-state index in [1.165, 1.54) is 24.3 Å². The number of carbonyl (C=O) groups is 1. The molecule has 1 aromatic heterocycles. The van der Waals surface area contributed by atoms with Crippen molar-refractivity contribution in [2.75, 3.05) is 11.6 Å². The normalized spacial score (nSPS) is 13.0. The number of aryl methyl sites for hydroxylation is 1. The molecule has 1 heterocycles. The van der Waals surface area contributed by atoms with E-state index >= 15 is 0 Å². The topological polar surface area (TPSA) is 142 Å². The maximum absolute atomic E-state index is 11.6. The van der Waals surface area contributed by atoms with Crippen molar-refractivity contribution in [1.29, 1.82) is 4.78 Å². The van der Waals surface area contributed by atoms with E-state index in [0.29, 0.717) is 22.8 Å². The quantitative estimate of drug-likeness (QED) is 0.350. The van der Waals surface area contributed by atoms with E-state index in [9.17, 15) is 14.1 Å². The molecule has 0 aliphatic carbocycles. The number of aromatic hydroxyl groups is 1. The highest BCUT2D eigenvalue weighted by Crippen LogP contribution is 2.34. The summed E-state index contributed by atoms with van der Waals surface area (Å²) in [5.41, 5.74) is 3.33. The van der Waals surface area contributed by atoms with Crippen LogP contribution in [0.15, 0.2) is 65.3 Å². The Labute approximate surface area is 185 Å². The Morgan fingerprint density at radius 2 is 2.03 bits per heavy atom. The third-order valence-corrected chi connectivity index (χ3v) is 4.77. The minimum absolute atomic E-state index is 0.0903. The number of aromatic nitrogens is 2. The lowest BCUT2D eigenvalue weighted by atomic mass is 10.2. The third kappa shape index (κ3) is 5.38. The summed E-state index contributed by atoms with van der Waals surface area (Å²) in [6, 6.07) is 11.3. The van der Waals surface area contributed by atoms with Crippen molar-refractivity contribution in [2.45, 2.75) is 13.8 Å². The number of hydrogen-bond donors (Lipinski definition) is 3. The SMILES string of the molecule is C=CC(=O)Nc1cccc(-n2nc(C)c(N=Nc3ccc(OS(C)(=N)=O)cc3O)c2C)c1. The van der Waals surface area contributed by atoms with Crippen LogP contribution in [0.3, 0.4) is 0 Å². The van der Waals surface area contributed by atoms with Crippen molar-refractivity contribution in [1.82, 2.24) is 9.78 Å². The van der Waals surface area contributed by atoms with Gasteiger partial charge in [0.2, 0.25) is 5.91 Å². The minimum atomic E-state index is -3.21. The summed E-state index contributed by atoms with van der Waals surface area (Å²) in [6.07, 6.45) is 2.32. The van der Waals surface area contributed by atoms with Gasteiger partial charge in [-0.25, -0.2) is 13.7 Å². The Morgan fingerprint density at radius 3 is 2.69 bits per heavy atom. The number of anilines is 1. The molecule has 0 saturated carbocycles. The lowest BCUT2D eigenvalue weighted by Gasteiger charge is -2.07. The predicted molar refractivity (Wildman–Crippen MR) is 122 cm³/mol. The van der Waals surface area contributed by atoms with E-state index in [0.717, 1.165) is 11.9 Å². The predicted octanol–water partition coefficient (Wildman–Crippen LogP) is 4.71. The van der Waals surface area contributed by atoms with Crippen molar-refractivity contribution >= 4 is 33.0 Å². The van der Waals surface area contributed by atoms with Crippen LogP contribution in [-0.4, -0.2) is 31.3 Å². The summed E-state index contributed by atoms with van der Waals surface area (Å²) in [7, 11) is -3.21. The molecule has 10 nitrogen and oxygen atoms in total. The molecular weight excluding hydrogens is 432 g/mol. The molecule has 0 radical (unpaired) electrons. The molecule has 3 aromatic rings. The van der Waals surface area contributed by atoms with Crippen LogP contribution in [0, 0.1) is 18.6 Å². The summed E-state index contributed by atoms with van der Waals surface area (Å²) in [6.45, 7) is 7.05. The van der Waals surface area contributed by atoms with Gasteiger partial charge in [0.25, 0.3) is 0 Å². The Bertz CT molecular complexity index is 1330. The Morgan fingerprint density at radius 1 is 1.28 bits per heavy atom. The lowest BCUT2D eigenvalue weighted by molar-refractivity contribution is -0.111. The van der Waals surface area contributed by atoms with E-state index in [-0.39, 0.29) is 23.1 Å². The highest BCUT2D eigenvalue weighted by atomic mass is 32.2. The molecule has 0 aliphatic rings. The number of rotatable bonds is 7. The van der Waals surface area contributed by atoms with Crippen LogP contribution in [0.1, 0.15) is 11.4 Å². The molecule has 1 atom stereocenters. The van der Waals surface area contributed by atoms with Crippen molar-refractivity contribution in [3.8, 4) is 17.2 Å². The molecule has 1 unspecified atom stereocenters. The summed E-state index contributed by atoms with van der Waals surface area (Å²) < 4.78 is 25.4. The van der Waals surface area contributed by atoms with E-state index in [1.54, 1.807) is 29.8 Å². The molecule has 0 bridgehead atoms. The van der Waals surface area contributed by atoms with Crippen molar-refractivity contribution < 1.29 is 18.3 Å². The second kappa shape index (κ2) is 9.02. The smallest absolute Gasteiger partial charge is 0.247 e. The number of nitrogens with zero attached hydrogens (tertiary/aromatic N) is 4. The largest absolute Gasteiger partial charge is 0.505 e. The van der Waals surface area contributed by atoms with E-state index in [4.69, 9.17) is 8.96 Å². The van der Waals surface area contributed by atoms with Gasteiger partial charge in [0.1, 0.15) is 22.9 Å². The maximum atomic E-state index is 11.6. The van der Waals surface area contributed by atoms with E-state index in [1.807, 2.05) is 13.0 Å². The number of amides is 1. The average Bonchev–Trinajstić information content (AvgIpc) is 3.00. The van der Waals surface area contributed by atoms with Crippen molar-refractivity contribution in [3.63, 3.8) is 0 Å². The molecule has 11 heteroatoms. The molecular formula is C21H22N6O4S. The molecule has 0 fully saturated rings. The fourth-order valence-electron chi connectivity index (χ4n) is 2.87. The number of benzene rings is 2. The average molecular weight is 455 g/mol. The van der Waals surface area contributed by atoms with Crippen LogP contribution in [-0.2, 0) is 14.8 Å². The van der Waals surface area contributed by atoms with Crippen LogP contribution in [0.4, 0.5) is 17.1 Å². The minimum Gasteiger partial charge on any atom is -0.505 e. The van der Waals surface area contributed by atoms with E-state index in [2.05, 4.69) is 27.2 Å². The first-order valence-corrected chi connectivity index (χ1v) is 11.2. The van der Waals surface area contributed by atoms with Crippen LogP contribution < -0.4 is 9.50 Å². The van der Waals surface area contributed by atoms with Crippen LogP contribution >= 0.6 is 0 Å². The summed E-state index contributed by atoms with van der Waals surface area (Å²) in [4.78, 5) is 11.6. The Hall–Kier alpha value is -3.99. The maximum Gasteiger partial charge on any atom is 0.247 e. The molecule has 0 spiro atoms. The number of hydrogen-bond acceptors (Lipinski definition) is 8. The molecule has 0 aliphatic heterocycles. The van der Waals surface area contributed by atoms with E-state index < -0.39 is 10.0 Å². The molecule has 166 valence electrons. The number of nitrogens with one attached hydrogen (secondary N) is 2. The summed E-state index contributed by atoms with van der Waals surface area (Å²) in [5, 5.41) is 25.7. The van der Waals surface area contributed by atoms with Crippen LogP contribution in [0.2, 0.25) is 0 Å². The molecule has 3 N–H and O–H groups in total. The fourth-order valence-corrected chi connectivity index (χ4v) is 3.34. The van der Waals surface area contributed by atoms with Gasteiger partial charge >= 0.3 is 0 Å². The molecule has 1 amide bonds. The van der Waals surface area contributed by atoms with Gasteiger partial charge in [0.15, 0.2) is 10.0 Å². The van der Waals surface area contributed by atoms with Gasteiger partial charge in [-0.2, -0.15) is 5.10 Å². The van der Waals surface area contributed by atoms with Gasteiger partial charge in [-0.1, -0.05) is 12.6 Å². The van der Waals surface area contributed by atoms with Crippen LogP contribution in [0.25, 0.3) is 5.69 Å². The standard InChI is InChI=1S/C21H22N6O4S/c1-5-20(29)23-15-7-6-8-16(11-15)27-14(3)21(13(2)26-27)25-24-18-10-9-17(12-19(18)28)31-32(4,22)30/h5-12,22,28H,1H2,2-4H3,(H,23,29). The van der Waals surface area contributed by atoms with Gasteiger partial charge in [-0.15, -0.1) is 10.2 Å². The zero-order chi connectivity index (χ0) is 23.5. The Kier molecular flexibility index (Phi) is 6.40. The summed E-state index contributed by atoms with van der Waals surface area (Å²) >= 11 is 0. The first kappa shape index (κ1) is 22.7. The number of phenolic OH excluding ortho intramolecular Hbond substituents is 1. The third-order valence-electron chi connectivity index (χ3n) is 4.26. The fraction of sp³-hybridized carbons (Fsp3) is 0.143.